The number of carbonyl (C=O) groups is 1. The Balaban J connectivity index is 2.12. The minimum absolute atomic E-state index is 0.0690. The molecular weight excluding hydrogens is 352 g/mol. The molecule has 0 heterocycles. The summed E-state index contributed by atoms with van der Waals surface area (Å²) in [5, 5.41) is 2.76. The lowest BCUT2D eigenvalue weighted by Gasteiger charge is -2.14. The van der Waals surface area contributed by atoms with Crippen LogP contribution in [0.1, 0.15) is 30.6 Å². The fraction of sp³-hybridized carbons (Fsp3) is 0.316. The van der Waals surface area contributed by atoms with Crippen LogP contribution in [0.5, 0.6) is 5.75 Å². The molecule has 2 aromatic rings. The second-order valence-electron chi connectivity index (χ2n) is 6.13. The van der Waals surface area contributed by atoms with Gasteiger partial charge in [0.1, 0.15) is 5.75 Å². The van der Waals surface area contributed by atoms with E-state index in [1.807, 2.05) is 19.9 Å². The lowest BCUT2D eigenvalue weighted by molar-refractivity contribution is 0.102. The van der Waals surface area contributed by atoms with E-state index >= 15 is 0 Å². The lowest BCUT2D eigenvalue weighted by Crippen LogP contribution is -2.22. The molecule has 2 rings (SSSR count). The molecule has 0 aliphatic heterocycles. The van der Waals surface area contributed by atoms with E-state index in [0.29, 0.717) is 17.0 Å². The van der Waals surface area contributed by atoms with Gasteiger partial charge in [-0.3, -0.25) is 4.79 Å². The molecule has 0 aliphatic carbocycles. The SMILES string of the molecule is CCC(C)Oc1cccc(C(=O)Nc2ccc(S(=O)(=O)N(C)C)cc2)c1. The smallest absolute Gasteiger partial charge is 0.255 e. The number of ether oxygens (including phenoxy) is 1. The maximum Gasteiger partial charge on any atom is 0.255 e. The average Bonchev–Trinajstić information content (AvgIpc) is 2.62. The molecule has 0 fully saturated rings. The van der Waals surface area contributed by atoms with E-state index in [1.54, 1.807) is 30.3 Å². The van der Waals surface area contributed by atoms with Crippen LogP contribution in [-0.2, 0) is 10.0 Å². The predicted octanol–water partition coefficient (Wildman–Crippen LogP) is 3.37. The summed E-state index contributed by atoms with van der Waals surface area (Å²) >= 11 is 0. The molecule has 140 valence electrons. The zero-order valence-corrected chi connectivity index (χ0v) is 16.2. The Morgan fingerprint density at radius 3 is 2.38 bits per heavy atom. The Morgan fingerprint density at radius 2 is 1.81 bits per heavy atom. The van der Waals surface area contributed by atoms with Gasteiger partial charge in [-0.25, -0.2) is 12.7 Å². The number of nitrogens with zero attached hydrogens (tertiary/aromatic N) is 1. The van der Waals surface area contributed by atoms with E-state index in [-0.39, 0.29) is 16.9 Å². The molecule has 26 heavy (non-hydrogen) atoms. The summed E-state index contributed by atoms with van der Waals surface area (Å²) in [6.45, 7) is 4.00. The van der Waals surface area contributed by atoms with E-state index in [9.17, 15) is 13.2 Å². The topological polar surface area (TPSA) is 75.7 Å². The van der Waals surface area contributed by atoms with Crippen molar-refractivity contribution in [3.63, 3.8) is 0 Å². The van der Waals surface area contributed by atoms with Crippen molar-refractivity contribution in [3.8, 4) is 5.75 Å². The number of hydrogen-bond acceptors (Lipinski definition) is 4. The molecular formula is C19H24N2O4S. The highest BCUT2D eigenvalue weighted by Gasteiger charge is 2.17. The summed E-state index contributed by atoms with van der Waals surface area (Å²) in [6, 6.07) is 13.0. The zero-order chi connectivity index (χ0) is 19.3. The Labute approximate surface area is 154 Å². The number of anilines is 1. The second kappa shape index (κ2) is 8.33. The predicted molar refractivity (Wildman–Crippen MR) is 102 cm³/mol. The highest BCUT2D eigenvalue weighted by atomic mass is 32.2. The van der Waals surface area contributed by atoms with Gasteiger partial charge in [0.15, 0.2) is 0 Å². The molecule has 0 bridgehead atoms. The Bertz CT molecular complexity index is 861. The maximum absolute atomic E-state index is 12.4. The first kappa shape index (κ1) is 19.9. The van der Waals surface area contributed by atoms with Crippen molar-refractivity contribution in [2.45, 2.75) is 31.3 Å². The van der Waals surface area contributed by atoms with Crippen LogP contribution in [0.3, 0.4) is 0 Å². The zero-order valence-electron chi connectivity index (χ0n) is 15.4. The number of nitrogens with one attached hydrogen (secondary N) is 1. The molecule has 1 amide bonds. The third kappa shape index (κ3) is 4.83. The standard InChI is InChI=1S/C19H24N2O4S/c1-5-14(2)25-17-8-6-7-15(13-17)19(22)20-16-9-11-18(12-10-16)26(23,24)21(3)4/h6-14H,5H2,1-4H3,(H,20,22). The third-order valence-corrected chi connectivity index (χ3v) is 5.73. The van der Waals surface area contributed by atoms with Crippen LogP contribution in [-0.4, -0.2) is 38.8 Å². The molecule has 2 aromatic carbocycles. The van der Waals surface area contributed by atoms with E-state index in [4.69, 9.17) is 4.74 Å². The van der Waals surface area contributed by atoms with Gasteiger partial charge in [-0.1, -0.05) is 13.0 Å². The molecule has 0 spiro atoms. The number of amides is 1. The van der Waals surface area contributed by atoms with Crippen LogP contribution in [0.4, 0.5) is 5.69 Å². The van der Waals surface area contributed by atoms with Crippen LogP contribution in [0.15, 0.2) is 53.4 Å². The summed E-state index contributed by atoms with van der Waals surface area (Å²) in [6.07, 6.45) is 0.943. The number of sulfonamides is 1. The Kier molecular flexibility index (Phi) is 6.39. The molecule has 1 unspecified atom stereocenters. The van der Waals surface area contributed by atoms with Crippen molar-refractivity contribution in [1.82, 2.24) is 4.31 Å². The van der Waals surface area contributed by atoms with Gasteiger partial charge in [-0.2, -0.15) is 0 Å². The minimum atomic E-state index is -3.49. The van der Waals surface area contributed by atoms with Gasteiger partial charge in [0, 0.05) is 25.3 Å². The quantitative estimate of drug-likeness (QED) is 0.804. The van der Waals surface area contributed by atoms with Gasteiger partial charge in [0.2, 0.25) is 10.0 Å². The fourth-order valence-corrected chi connectivity index (χ4v) is 3.05. The van der Waals surface area contributed by atoms with Gasteiger partial charge in [-0.15, -0.1) is 0 Å². The van der Waals surface area contributed by atoms with Crippen molar-refractivity contribution >= 4 is 21.6 Å². The van der Waals surface area contributed by atoms with Gasteiger partial charge < -0.3 is 10.1 Å². The highest BCUT2D eigenvalue weighted by molar-refractivity contribution is 7.89. The van der Waals surface area contributed by atoms with Crippen molar-refractivity contribution in [1.29, 1.82) is 0 Å². The summed E-state index contributed by atoms with van der Waals surface area (Å²) in [5.41, 5.74) is 0.983. The van der Waals surface area contributed by atoms with E-state index in [0.717, 1.165) is 10.7 Å². The third-order valence-electron chi connectivity index (χ3n) is 3.90. The molecule has 0 aromatic heterocycles. The summed E-state index contributed by atoms with van der Waals surface area (Å²) < 4.78 is 31.0. The van der Waals surface area contributed by atoms with E-state index in [1.165, 1.54) is 26.2 Å². The first-order valence-corrected chi connectivity index (χ1v) is 9.78. The molecule has 1 atom stereocenters. The fourth-order valence-electron chi connectivity index (χ4n) is 2.15. The van der Waals surface area contributed by atoms with Gasteiger partial charge in [0.25, 0.3) is 5.91 Å². The van der Waals surface area contributed by atoms with Crippen LogP contribution >= 0.6 is 0 Å². The average molecular weight is 376 g/mol. The normalized spacial score (nSPS) is 12.7. The minimum Gasteiger partial charge on any atom is -0.491 e. The number of benzene rings is 2. The van der Waals surface area contributed by atoms with Crippen molar-refractivity contribution < 1.29 is 17.9 Å². The maximum atomic E-state index is 12.4. The molecule has 0 saturated carbocycles. The van der Waals surface area contributed by atoms with Gasteiger partial charge in [0.05, 0.1) is 11.0 Å². The van der Waals surface area contributed by atoms with Crippen molar-refractivity contribution in [2.24, 2.45) is 0 Å². The van der Waals surface area contributed by atoms with E-state index < -0.39 is 10.0 Å². The second-order valence-corrected chi connectivity index (χ2v) is 8.28. The van der Waals surface area contributed by atoms with Crippen molar-refractivity contribution in [2.75, 3.05) is 19.4 Å². The summed E-state index contributed by atoms with van der Waals surface area (Å²) in [4.78, 5) is 12.6. The molecule has 0 radical (unpaired) electrons. The molecule has 0 saturated heterocycles. The first-order chi connectivity index (χ1) is 12.2. The molecule has 7 heteroatoms. The van der Waals surface area contributed by atoms with Crippen LogP contribution in [0, 0.1) is 0 Å². The lowest BCUT2D eigenvalue weighted by atomic mass is 10.2. The molecule has 0 aliphatic rings. The van der Waals surface area contributed by atoms with Crippen molar-refractivity contribution in [3.05, 3.63) is 54.1 Å². The highest BCUT2D eigenvalue weighted by Crippen LogP contribution is 2.19. The number of hydrogen-bond donors (Lipinski definition) is 1. The summed E-state index contributed by atoms with van der Waals surface area (Å²) in [5.74, 6) is 0.349. The van der Waals surface area contributed by atoms with Crippen LogP contribution in [0.25, 0.3) is 0 Å². The Morgan fingerprint density at radius 1 is 1.15 bits per heavy atom. The monoisotopic (exact) mass is 376 g/mol. The van der Waals surface area contributed by atoms with Crippen LogP contribution in [0.2, 0.25) is 0 Å². The molecule has 1 N–H and O–H groups in total. The molecule has 6 nitrogen and oxygen atoms in total. The Hall–Kier alpha value is -2.38. The van der Waals surface area contributed by atoms with Gasteiger partial charge in [-0.05, 0) is 55.8 Å². The van der Waals surface area contributed by atoms with E-state index in [2.05, 4.69) is 5.32 Å². The first-order valence-electron chi connectivity index (χ1n) is 8.34. The summed E-state index contributed by atoms with van der Waals surface area (Å²) in [7, 11) is -0.547. The number of carbonyl (C=O) groups excluding carboxylic acids is 1. The van der Waals surface area contributed by atoms with Gasteiger partial charge >= 0.3 is 0 Å². The van der Waals surface area contributed by atoms with Crippen LogP contribution < -0.4 is 10.1 Å². The number of rotatable bonds is 7. The largest absolute Gasteiger partial charge is 0.491 e.